The first-order valence-electron chi connectivity index (χ1n) is 7.79. The first kappa shape index (κ1) is 17.3. The third-order valence-electron chi connectivity index (χ3n) is 3.48. The predicted octanol–water partition coefficient (Wildman–Crippen LogP) is 3.80. The molecule has 0 saturated heterocycles. The fraction of sp³-hybridized carbons (Fsp3) is 0.588. The molecular formula is C17H27NO3. The van der Waals surface area contributed by atoms with Gasteiger partial charge in [-0.15, -0.1) is 0 Å². The molecule has 4 heteroatoms. The van der Waals surface area contributed by atoms with Gasteiger partial charge in [0.05, 0.1) is 19.6 Å². The number of nitrogens with two attached hydrogens (primary N) is 1. The monoisotopic (exact) mass is 293 g/mol. The zero-order valence-corrected chi connectivity index (χ0v) is 13.1. The molecule has 1 rings (SSSR count). The van der Waals surface area contributed by atoms with E-state index < -0.39 is 0 Å². The van der Waals surface area contributed by atoms with E-state index in [1.807, 2.05) is 0 Å². The number of anilines is 1. The third kappa shape index (κ3) is 7.59. The van der Waals surface area contributed by atoms with Gasteiger partial charge in [0, 0.05) is 5.69 Å². The Kier molecular flexibility index (Phi) is 8.32. The lowest BCUT2D eigenvalue weighted by atomic mass is 10.0. The van der Waals surface area contributed by atoms with E-state index in [9.17, 15) is 4.79 Å². The zero-order chi connectivity index (χ0) is 15.5. The molecule has 0 radical (unpaired) electrons. The van der Waals surface area contributed by atoms with Crippen molar-refractivity contribution < 1.29 is 14.3 Å². The average Bonchev–Trinajstić information content (AvgIpc) is 2.49. The fourth-order valence-electron chi connectivity index (χ4n) is 2.00. The number of hydrogen-bond donors (Lipinski definition) is 1. The molecule has 1 atom stereocenters. The van der Waals surface area contributed by atoms with E-state index in [-0.39, 0.29) is 12.4 Å². The summed E-state index contributed by atoms with van der Waals surface area (Å²) in [5.41, 5.74) is 6.28. The first-order valence-corrected chi connectivity index (χ1v) is 7.79. The second kappa shape index (κ2) is 10.1. The van der Waals surface area contributed by atoms with Crippen LogP contribution in [0.4, 0.5) is 5.69 Å². The van der Waals surface area contributed by atoms with Crippen molar-refractivity contribution in [3.05, 3.63) is 24.3 Å². The Morgan fingerprint density at radius 1 is 1.24 bits per heavy atom. The highest BCUT2D eigenvalue weighted by molar-refractivity contribution is 5.69. The first-order chi connectivity index (χ1) is 10.2. The van der Waals surface area contributed by atoms with Crippen LogP contribution in [0.3, 0.4) is 0 Å². The molecule has 118 valence electrons. The summed E-state index contributed by atoms with van der Waals surface area (Å²) in [6.45, 7) is 5.16. The maximum Gasteiger partial charge on any atom is 0.309 e. The normalized spacial score (nSPS) is 11.9. The molecule has 2 N–H and O–H groups in total. The molecule has 0 fully saturated rings. The number of carbonyl (C=O) groups excluding carboxylic acids is 1. The van der Waals surface area contributed by atoms with Gasteiger partial charge in [-0.05, 0) is 36.6 Å². The molecule has 21 heavy (non-hydrogen) atoms. The molecular weight excluding hydrogens is 266 g/mol. The molecule has 0 heterocycles. The van der Waals surface area contributed by atoms with Gasteiger partial charge < -0.3 is 15.2 Å². The molecule has 0 spiro atoms. The minimum atomic E-state index is -0.194. The summed E-state index contributed by atoms with van der Waals surface area (Å²) < 4.78 is 10.8. The summed E-state index contributed by atoms with van der Waals surface area (Å²) in [5.74, 6) is 0.999. The van der Waals surface area contributed by atoms with Crippen molar-refractivity contribution in [1.29, 1.82) is 0 Å². The predicted molar refractivity (Wildman–Crippen MR) is 85.2 cm³/mol. The maximum absolute atomic E-state index is 11.7. The van der Waals surface area contributed by atoms with Gasteiger partial charge in [0.15, 0.2) is 0 Å². The molecule has 0 aliphatic carbocycles. The fourth-order valence-corrected chi connectivity index (χ4v) is 2.00. The van der Waals surface area contributed by atoms with Crippen LogP contribution in [0, 0.1) is 5.92 Å². The number of benzene rings is 1. The zero-order valence-electron chi connectivity index (χ0n) is 13.1. The summed E-state index contributed by atoms with van der Waals surface area (Å²) >= 11 is 0. The van der Waals surface area contributed by atoms with Crippen molar-refractivity contribution in [3.63, 3.8) is 0 Å². The van der Waals surface area contributed by atoms with Crippen LogP contribution in [-0.4, -0.2) is 19.2 Å². The van der Waals surface area contributed by atoms with Crippen molar-refractivity contribution in [2.75, 3.05) is 18.9 Å². The molecule has 1 unspecified atom stereocenters. The van der Waals surface area contributed by atoms with Crippen LogP contribution in [0.25, 0.3) is 0 Å². The topological polar surface area (TPSA) is 61.5 Å². The number of unbranched alkanes of at least 4 members (excludes halogenated alkanes) is 1. The van der Waals surface area contributed by atoms with E-state index in [0.717, 1.165) is 12.8 Å². The molecule has 1 aromatic carbocycles. The highest BCUT2D eigenvalue weighted by atomic mass is 16.5. The SMILES string of the molecule is CCCCC(CC)COC(=O)CCOc1ccc(N)cc1. The number of nitrogen functional groups attached to an aromatic ring is 1. The second-order valence-corrected chi connectivity index (χ2v) is 5.27. The standard InChI is InChI=1S/C17H27NO3/c1-3-5-6-14(4-2)13-21-17(19)11-12-20-16-9-7-15(18)8-10-16/h7-10,14H,3-6,11-13,18H2,1-2H3. The minimum Gasteiger partial charge on any atom is -0.493 e. The van der Waals surface area contributed by atoms with Crippen molar-refractivity contribution in [2.45, 2.75) is 46.0 Å². The van der Waals surface area contributed by atoms with Gasteiger partial charge in [0.1, 0.15) is 5.75 Å². The molecule has 0 amide bonds. The van der Waals surface area contributed by atoms with E-state index in [1.165, 1.54) is 12.8 Å². The Bertz CT molecular complexity index is 403. The van der Waals surface area contributed by atoms with Gasteiger partial charge in [-0.25, -0.2) is 0 Å². The molecule has 0 aliphatic heterocycles. The van der Waals surface area contributed by atoms with Crippen LogP contribution < -0.4 is 10.5 Å². The van der Waals surface area contributed by atoms with E-state index in [4.69, 9.17) is 15.2 Å². The second-order valence-electron chi connectivity index (χ2n) is 5.27. The molecule has 4 nitrogen and oxygen atoms in total. The number of esters is 1. The van der Waals surface area contributed by atoms with Crippen molar-refractivity contribution in [1.82, 2.24) is 0 Å². The molecule has 1 aromatic rings. The van der Waals surface area contributed by atoms with Gasteiger partial charge in [0.25, 0.3) is 0 Å². The van der Waals surface area contributed by atoms with Crippen LogP contribution in [0.2, 0.25) is 0 Å². The van der Waals surface area contributed by atoms with Crippen molar-refractivity contribution >= 4 is 11.7 Å². The Labute approximate surface area is 127 Å². The van der Waals surface area contributed by atoms with Crippen LogP contribution in [0.1, 0.15) is 46.0 Å². The van der Waals surface area contributed by atoms with Gasteiger partial charge in [-0.1, -0.05) is 33.1 Å². The summed E-state index contributed by atoms with van der Waals surface area (Å²) in [6, 6.07) is 7.12. The Balaban J connectivity index is 2.17. The van der Waals surface area contributed by atoms with E-state index in [2.05, 4.69) is 13.8 Å². The third-order valence-corrected chi connectivity index (χ3v) is 3.48. The number of carbonyl (C=O) groups is 1. The highest BCUT2D eigenvalue weighted by Gasteiger charge is 2.10. The van der Waals surface area contributed by atoms with E-state index >= 15 is 0 Å². The smallest absolute Gasteiger partial charge is 0.309 e. The Hall–Kier alpha value is -1.71. The number of ether oxygens (including phenoxy) is 2. The van der Waals surface area contributed by atoms with Gasteiger partial charge in [-0.2, -0.15) is 0 Å². The summed E-state index contributed by atoms with van der Waals surface area (Å²) in [5, 5.41) is 0. The minimum absolute atomic E-state index is 0.194. The van der Waals surface area contributed by atoms with Crippen LogP contribution in [0.15, 0.2) is 24.3 Å². The number of hydrogen-bond acceptors (Lipinski definition) is 4. The van der Waals surface area contributed by atoms with Crippen molar-refractivity contribution in [2.24, 2.45) is 5.92 Å². The van der Waals surface area contributed by atoms with E-state index in [0.29, 0.717) is 30.6 Å². The number of rotatable bonds is 10. The van der Waals surface area contributed by atoms with Crippen LogP contribution >= 0.6 is 0 Å². The Morgan fingerprint density at radius 2 is 1.95 bits per heavy atom. The molecule has 0 bridgehead atoms. The van der Waals surface area contributed by atoms with Gasteiger partial charge >= 0.3 is 5.97 Å². The Morgan fingerprint density at radius 3 is 2.57 bits per heavy atom. The summed E-state index contributed by atoms with van der Waals surface area (Å²) in [6.07, 6.45) is 4.82. The van der Waals surface area contributed by atoms with Crippen LogP contribution in [-0.2, 0) is 9.53 Å². The van der Waals surface area contributed by atoms with Gasteiger partial charge in [0.2, 0.25) is 0 Å². The maximum atomic E-state index is 11.7. The highest BCUT2D eigenvalue weighted by Crippen LogP contribution is 2.14. The van der Waals surface area contributed by atoms with Crippen LogP contribution in [0.5, 0.6) is 5.75 Å². The molecule has 0 aromatic heterocycles. The summed E-state index contributed by atoms with van der Waals surface area (Å²) in [4.78, 5) is 11.7. The molecule has 0 saturated carbocycles. The lowest BCUT2D eigenvalue weighted by Crippen LogP contribution is -2.15. The van der Waals surface area contributed by atoms with E-state index in [1.54, 1.807) is 24.3 Å². The quantitative estimate of drug-likeness (QED) is 0.526. The molecule has 0 aliphatic rings. The largest absolute Gasteiger partial charge is 0.493 e. The average molecular weight is 293 g/mol. The van der Waals surface area contributed by atoms with Gasteiger partial charge in [-0.3, -0.25) is 4.79 Å². The summed E-state index contributed by atoms with van der Waals surface area (Å²) in [7, 11) is 0. The lowest BCUT2D eigenvalue weighted by Gasteiger charge is -2.14. The lowest BCUT2D eigenvalue weighted by molar-refractivity contribution is -0.145. The van der Waals surface area contributed by atoms with Crippen molar-refractivity contribution in [3.8, 4) is 5.75 Å².